The lowest BCUT2D eigenvalue weighted by molar-refractivity contribution is -0.118. The molecule has 1 aromatic heterocycles. The minimum absolute atomic E-state index is 0.0721. The van der Waals surface area contributed by atoms with Crippen LogP contribution in [0.4, 0.5) is 11.6 Å². The van der Waals surface area contributed by atoms with Crippen LogP contribution < -0.4 is 16.0 Å². The maximum absolute atomic E-state index is 11.3. The standard InChI is InChI=1S/C14H25N5O/c1-6-7-16-13-10(4)14(17-8-11(20)15-5)19-12(18-13)9(2)3/h9H,6-8H2,1-5H3,(H,15,20)(H2,16,17,18,19). The zero-order valence-electron chi connectivity index (χ0n) is 13.0. The molecule has 3 N–H and O–H groups in total. The third kappa shape index (κ3) is 4.36. The Kier molecular flexibility index (Phi) is 6.21. The molecule has 6 heteroatoms. The first-order valence-electron chi connectivity index (χ1n) is 7.06. The van der Waals surface area contributed by atoms with Crippen LogP contribution in [0.2, 0.25) is 0 Å². The fraction of sp³-hybridized carbons (Fsp3) is 0.643. The molecule has 1 heterocycles. The number of likely N-dealkylation sites (N-methyl/N-ethyl adjacent to an activating group) is 1. The van der Waals surface area contributed by atoms with Crippen LogP contribution in [-0.4, -0.2) is 36.0 Å². The predicted octanol–water partition coefficient (Wildman–Crippen LogP) is 1.89. The van der Waals surface area contributed by atoms with Crippen molar-refractivity contribution in [3.8, 4) is 0 Å². The van der Waals surface area contributed by atoms with E-state index in [9.17, 15) is 4.79 Å². The highest BCUT2D eigenvalue weighted by molar-refractivity contribution is 5.80. The van der Waals surface area contributed by atoms with Crippen molar-refractivity contribution in [1.82, 2.24) is 15.3 Å². The van der Waals surface area contributed by atoms with Gasteiger partial charge in [0.2, 0.25) is 5.91 Å². The molecule has 1 rings (SSSR count). The molecule has 0 bridgehead atoms. The van der Waals surface area contributed by atoms with E-state index in [1.807, 2.05) is 6.92 Å². The number of hydrogen-bond acceptors (Lipinski definition) is 5. The van der Waals surface area contributed by atoms with E-state index in [1.165, 1.54) is 0 Å². The van der Waals surface area contributed by atoms with Crippen molar-refractivity contribution in [3.63, 3.8) is 0 Å². The molecule has 6 nitrogen and oxygen atoms in total. The van der Waals surface area contributed by atoms with E-state index in [2.05, 4.69) is 46.7 Å². The number of carbonyl (C=O) groups excluding carboxylic acids is 1. The predicted molar refractivity (Wildman–Crippen MR) is 82.2 cm³/mol. The third-order valence-electron chi connectivity index (χ3n) is 2.92. The zero-order valence-corrected chi connectivity index (χ0v) is 13.0. The summed E-state index contributed by atoms with van der Waals surface area (Å²) in [5, 5.41) is 8.96. The van der Waals surface area contributed by atoms with Gasteiger partial charge in [-0.25, -0.2) is 9.97 Å². The summed E-state index contributed by atoms with van der Waals surface area (Å²) in [7, 11) is 1.62. The van der Waals surface area contributed by atoms with Gasteiger partial charge in [-0.2, -0.15) is 0 Å². The Hall–Kier alpha value is -1.85. The normalized spacial score (nSPS) is 10.5. The van der Waals surface area contributed by atoms with E-state index < -0.39 is 0 Å². The molecular formula is C14H25N5O. The molecule has 112 valence electrons. The van der Waals surface area contributed by atoms with E-state index in [0.29, 0.717) is 5.82 Å². The van der Waals surface area contributed by atoms with Gasteiger partial charge in [0.25, 0.3) is 0 Å². The smallest absolute Gasteiger partial charge is 0.239 e. The zero-order chi connectivity index (χ0) is 15.1. The Morgan fingerprint density at radius 2 is 1.80 bits per heavy atom. The number of carbonyl (C=O) groups is 1. The largest absolute Gasteiger partial charge is 0.370 e. The lowest BCUT2D eigenvalue weighted by Crippen LogP contribution is -2.27. The Morgan fingerprint density at radius 1 is 1.20 bits per heavy atom. The minimum atomic E-state index is -0.0721. The Morgan fingerprint density at radius 3 is 2.30 bits per heavy atom. The van der Waals surface area contributed by atoms with Crippen LogP contribution in [0.25, 0.3) is 0 Å². The molecule has 0 spiro atoms. The Labute approximate surface area is 120 Å². The van der Waals surface area contributed by atoms with Crippen molar-refractivity contribution in [1.29, 1.82) is 0 Å². The van der Waals surface area contributed by atoms with E-state index >= 15 is 0 Å². The van der Waals surface area contributed by atoms with E-state index in [-0.39, 0.29) is 18.4 Å². The van der Waals surface area contributed by atoms with Crippen molar-refractivity contribution in [3.05, 3.63) is 11.4 Å². The fourth-order valence-electron chi connectivity index (χ4n) is 1.63. The highest BCUT2D eigenvalue weighted by Crippen LogP contribution is 2.22. The van der Waals surface area contributed by atoms with Crippen molar-refractivity contribution < 1.29 is 4.79 Å². The van der Waals surface area contributed by atoms with Gasteiger partial charge in [-0.3, -0.25) is 4.79 Å². The number of nitrogens with one attached hydrogen (secondary N) is 3. The van der Waals surface area contributed by atoms with Crippen LogP contribution in [0.15, 0.2) is 0 Å². The second kappa shape index (κ2) is 7.67. The van der Waals surface area contributed by atoms with Crippen LogP contribution in [0.5, 0.6) is 0 Å². The first-order chi connectivity index (χ1) is 9.49. The molecule has 0 saturated carbocycles. The van der Waals surface area contributed by atoms with Gasteiger partial charge >= 0.3 is 0 Å². The number of hydrogen-bond donors (Lipinski definition) is 3. The van der Waals surface area contributed by atoms with Gasteiger partial charge in [-0.05, 0) is 13.3 Å². The number of nitrogens with zero attached hydrogens (tertiary/aromatic N) is 2. The highest BCUT2D eigenvalue weighted by atomic mass is 16.1. The summed E-state index contributed by atoms with van der Waals surface area (Å²) in [6.45, 7) is 9.24. The van der Waals surface area contributed by atoms with Crippen LogP contribution in [0, 0.1) is 6.92 Å². The summed E-state index contributed by atoms with van der Waals surface area (Å²) in [4.78, 5) is 20.4. The number of rotatable bonds is 7. The van der Waals surface area contributed by atoms with Gasteiger partial charge in [0, 0.05) is 25.1 Å². The molecule has 0 aliphatic carbocycles. The van der Waals surface area contributed by atoms with Crippen molar-refractivity contribution in [2.45, 2.75) is 40.0 Å². The summed E-state index contributed by atoms with van der Waals surface area (Å²) in [6.07, 6.45) is 1.03. The summed E-state index contributed by atoms with van der Waals surface area (Å²) >= 11 is 0. The van der Waals surface area contributed by atoms with E-state index in [4.69, 9.17) is 0 Å². The molecule has 1 aromatic rings. The molecule has 0 atom stereocenters. The number of aromatic nitrogens is 2. The molecule has 0 unspecified atom stereocenters. The quantitative estimate of drug-likeness (QED) is 0.710. The van der Waals surface area contributed by atoms with Gasteiger partial charge < -0.3 is 16.0 Å². The molecule has 0 saturated heterocycles. The SMILES string of the molecule is CCCNc1nc(C(C)C)nc(NCC(=O)NC)c1C. The van der Waals surface area contributed by atoms with Crippen LogP contribution in [-0.2, 0) is 4.79 Å². The average molecular weight is 279 g/mol. The Bertz CT molecular complexity index is 459. The van der Waals surface area contributed by atoms with Crippen molar-refractivity contribution in [2.24, 2.45) is 0 Å². The van der Waals surface area contributed by atoms with Crippen molar-refractivity contribution in [2.75, 3.05) is 30.8 Å². The number of amides is 1. The van der Waals surface area contributed by atoms with E-state index in [1.54, 1.807) is 7.05 Å². The van der Waals surface area contributed by atoms with Crippen LogP contribution in [0.3, 0.4) is 0 Å². The lowest BCUT2D eigenvalue weighted by Gasteiger charge is -2.16. The van der Waals surface area contributed by atoms with Gasteiger partial charge in [0.1, 0.15) is 17.5 Å². The second-order valence-corrected chi connectivity index (χ2v) is 5.01. The molecule has 0 radical (unpaired) electrons. The molecule has 0 fully saturated rings. The second-order valence-electron chi connectivity index (χ2n) is 5.01. The monoisotopic (exact) mass is 279 g/mol. The summed E-state index contributed by atoms with van der Waals surface area (Å²) in [5.41, 5.74) is 0.937. The minimum Gasteiger partial charge on any atom is -0.370 e. The molecule has 1 amide bonds. The Balaban J connectivity index is 3.00. The maximum atomic E-state index is 11.3. The van der Waals surface area contributed by atoms with Gasteiger partial charge in [-0.15, -0.1) is 0 Å². The van der Waals surface area contributed by atoms with Crippen molar-refractivity contribution >= 4 is 17.5 Å². The third-order valence-corrected chi connectivity index (χ3v) is 2.92. The van der Waals surface area contributed by atoms with E-state index in [0.717, 1.165) is 30.2 Å². The van der Waals surface area contributed by atoms with Gasteiger partial charge in [-0.1, -0.05) is 20.8 Å². The first kappa shape index (κ1) is 16.2. The van der Waals surface area contributed by atoms with Gasteiger partial charge in [0.15, 0.2) is 0 Å². The topological polar surface area (TPSA) is 78.9 Å². The fourth-order valence-corrected chi connectivity index (χ4v) is 1.63. The van der Waals surface area contributed by atoms with Crippen LogP contribution >= 0.6 is 0 Å². The first-order valence-corrected chi connectivity index (χ1v) is 7.06. The molecule has 0 aliphatic rings. The summed E-state index contributed by atoms with van der Waals surface area (Å²) in [5.74, 6) is 2.49. The number of anilines is 2. The molecule has 0 aliphatic heterocycles. The molecular weight excluding hydrogens is 254 g/mol. The summed E-state index contributed by atoms with van der Waals surface area (Å²) in [6, 6.07) is 0. The summed E-state index contributed by atoms with van der Waals surface area (Å²) < 4.78 is 0. The molecule has 20 heavy (non-hydrogen) atoms. The van der Waals surface area contributed by atoms with Gasteiger partial charge in [0.05, 0.1) is 6.54 Å². The average Bonchev–Trinajstić information content (AvgIpc) is 2.44. The van der Waals surface area contributed by atoms with Crippen LogP contribution in [0.1, 0.15) is 44.5 Å². The molecule has 0 aromatic carbocycles. The highest BCUT2D eigenvalue weighted by Gasteiger charge is 2.13. The maximum Gasteiger partial charge on any atom is 0.239 e. The lowest BCUT2D eigenvalue weighted by atomic mass is 10.2.